The SMILES string of the molecule is Cc1cccc(Oc2nc(C)ccc2N)c1. The maximum Gasteiger partial charge on any atom is 0.242 e. The van der Waals surface area contributed by atoms with E-state index in [0.717, 1.165) is 17.0 Å². The number of hydrogen-bond donors (Lipinski definition) is 1. The molecule has 0 aliphatic rings. The van der Waals surface area contributed by atoms with Crippen LogP contribution in [0.2, 0.25) is 0 Å². The van der Waals surface area contributed by atoms with Gasteiger partial charge >= 0.3 is 0 Å². The summed E-state index contributed by atoms with van der Waals surface area (Å²) in [7, 11) is 0. The molecule has 2 N–H and O–H groups in total. The Morgan fingerprint density at radius 3 is 2.69 bits per heavy atom. The van der Waals surface area contributed by atoms with Crippen LogP contribution in [0.25, 0.3) is 0 Å². The van der Waals surface area contributed by atoms with Crippen molar-refractivity contribution >= 4 is 5.69 Å². The van der Waals surface area contributed by atoms with Gasteiger partial charge < -0.3 is 10.5 Å². The normalized spacial score (nSPS) is 10.1. The highest BCUT2D eigenvalue weighted by atomic mass is 16.5. The summed E-state index contributed by atoms with van der Waals surface area (Å²) in [5, 5.41) is 0. The van der Waals surface area contributed by atoms with E-state index in [-0.39, 0.29) is 0 Å². The van der Waals surface area contributed by atoms with Gasteiger partial charge in [0.15, 0.2) is 0 Å². The van der Waals surface area contributed by atoms with Crippen molar-refractivity contribution in [3.8, 4) is 11.6 Å². The molecule has 0 bridgehead atoms. The second kappa shape index (κ2) is 4.23. The van der Waals surface area contributed by atoms with Gasteiger partial charge in [-0.1, -0.05) is 12.1 Å². The van der Waals surface area contributed by atoms with Crippen LogP contribution in [0.5, 0.6) is 11.6 Å². The largest absolute Gasteiger partial charge is 0.437 e. The number of rotatable bonds is 2. The zero-order chi connectivity index (χ0) is 11.5. The van der Waals surface area contributed by atoms with Crippen LogP contribution in [-0.2, 0) is 0 Å². The zero-order valence-electron chi connectivity index (χ0n) is 9.40. The number of aryl methyl sites for hydroxylation is 2. The smallest absolute Gasteiger partial charge is 0.242 e. The summed E-state index contributed by atoms with van der Waals surface area (Å²) >= 11 is 0. The van der Waals surface area contributed by atoms with Crippen molar-refractivity contribution in [2.45, 2.75) is 13.8 Å². The van der Waals surface area contributed by atoms with E-state index in [0.29, 0.717) is 11.6 Å². The summed E-state index contributed by atoms with van der Waals surface area (Å²) in [6, 6.07) is 11.4. The lowest BCUT2D eigenvalue weighted by molar-refractivity contribution is 0.464. The van der Waals surface area contributed by atoms with Gasteiger partial charge in [0, 0.05) is 5.69 Å². The minimum absolute atomic E-state index is 0.464. The third-order valence-corrected chi connectivity index (χ3v) is 2.23. The number of hydrogen-bond acceptors (Lipinski definition) is 3. The first-order chi connectivity index (χ1) is 7.65. The number of benzene rings is 1. The van der Waals surface area contributed by atoms with Crippen molar-refractivity contribution in [1.82, 2.24) is 4.98 Å². The fraction of sp³-hybridized carbons (Fsp3) is 0.154. The van der Waals surface area contributed by atoms with Crippen molar-refractivity contribution in [3.05, 3.63) is 47.7 Å². The highest BCUT2D eigenvalue weighted by molar-refractivity contribution is 5.50. The second-order valence-corrected chi connectivity index (χ2v) is 3.77. The molecule has 1 heterocycles. The van der Waals surface area contributed by atoms with Gasteiger partial charge in [-0.2, -0.15) is 0 Å². The molecule has 0 saturated carbocycles. The topological polar surface area (TPSA) is 48.1 Å². The molecule has 0 spiro atoms. The van der Waals surface area contributed by atoms with E-state index in [1.165, 1.54) is 0 Å². The number of pyridine rings is 1. The van der Waals surface area contributed by atoms with Gasteiger partial charge in [0.05, 0.1) is 5.69 Å². The number of nitrogens with zero attached hydrogens (tertiary/aromatic N) is 1. The molecule has 0 fully saturated rings. The minimum Gasteiger partial charge on any atom is -0.437 e. The van der Waals surface area contributed by atoms with E-state index < -0.39 is 0 Å². The van der Waals surface area contributed by atoms with Crippen molar-refractivity contribution in [2.24, 2.45) is 0 Å². The van der Waals surface area contributed by atoms with Crippen LogP contribution in [-0.4, -0.2) is 4.98 Å². The molecule has 82 valence electrons. The molecule has 1 aromatic heterocycles. The average Bonchev–Trinajstić information content (AvgIpc) is 2.24. The fourth-order valence-corrected chi connectivity index (χ4v) is 1.42. The number of ether oxygens (including phenoxy) is 1. The Balaban J connectivity index is 2.30. The molecule has 2 rings (SSSR count). The molecule has 2 aromatic rings. The second-order valence-electron chi connectivity index (χ2n) is 3.77. The molecule has 0 radical (unpaired) electrons. The molecule has 0 amide bonds. The maximum atomic E-state index is 5.79. The Hall–Kier alpha value is -2.03. The maximum absolute atomic E-state index is 5.79. The molecule has 0 unspecified atom stereocenters. The number of aromatic nitrogens is 1. The first-order valence-electron chi connectivity index (χ1n) is 5.13. The van der Waals surface area contributed by atoms with Crippen molar-refractivity contribution < 1.29 is 4.74 Å². The summed E-state index contributed by atoms with van der Waals surface area (Å²) in [6.45, 7) is 3.92. The highest BCUT2D eigenvalue weighted by Crippen LogP contribution is 2.25. The average molecular weight is 214 g/mol. The van der Waals surface area contributed by atoms with Crippen LogP contribution in [0.4, 0.5) is 5.69 Å². The van der Waals surface area contributed by atoms with Gasteiger partial charge in [0.1, 0.15) is 5.75 Å². The fourth-order valence-electron chi connectivity index (χ4n) is 1.42. The van der Waals surface area contributed by atoms with Gasteiger partial charge in [-0.3, -0.25) is 0 Å². The Labute approximate surface area is 94.9 Å². The minimum atomic E-state index is 0.464. The van der Waals surface area contributed by atoms with E-state index in [1.54, 1.807) is 6.07 Å². The molecule has 0 saturated heterocycles. The summed E-state index contributed by atoms with van der Waals surface area (Å²) in [5.74, 6) is 1.22. The summed E-state index contributed by atoms with van der Waals surface area (Å²) in [6.07, 6.45) is 0. The highest BCUT2D eigenvalue weighted by Gasteiger charge is 2.04. The predicted octanol–water partition coefficient (Wildman–Crippen LogP) is 3.07. The van der Waals surface area contributed by atoms with Crippen LogP contribution in [0.3, 0.4) is 0 Å². The molecular weight excluding hydrogens is 200 g/mol. The summed E-state index contributed by atoms with van der Waals surface area (Å²) in [4.78, 5) is 4.25. The molecule has 1 aromatic carbocycles. The molecule has 3 nitrogen and oxygen atoms in total. The first kappa shape index (κ1) is 10.5. The zero-order valence-corrected chi connectivity index (χ0v) is 9.40. The van der Waals surface area contributed by atoms with Gasteiger partial charge in [0.2, 0.25) is 5.88 Å². The predicted molar refractivity (Wildman–Crippen MR) is 64.6 cm³/mol. The molecule has 3 heteroatoms. The van der Waals surface area contributed by atoms with Crippen LogP contribution < -0.4 is 10.5 Å². The van der Waals surface area contributed by atoms with Gasteiger partial charge in [-0.15, -0.1) is 0 Å². The summed E-state index contributed by atoms with van der Waals surface area (Å²) < 4.78 is 5.63. The summed E-state index contributed by atoms with van der Waals surface area (Å²) in [5.41, 5.74) is 8.36. The Bertz CT molecular complexity index is 509. The molecular formula is C13H14N2O. The Morgan fingerprint density at radius 1 is 1.12 bits per heavy atom. The Kier molecular flexibility index (Phi) is 2.77. The third-order valence-electron chi connectivity index (χ3n) is 2.23. The molecule has 0 atom stereocenters. The molecule has 16 heavy (non-hydrogen) atoms. The van der Waals surface area contributed by atoms with E-state index >= 15 is 0 Å². The monoisotopic (exact) mass is 214 g/mol. The van der Waals surface area contributed by atoms with Crippen LogP contribution in [0.15, 0.2) is 36.4 Å². The molecule has 0 aliphatic carbocycles. The number of nitrogens with two attached hydrogens (primary N) is 1. The van der Waals surface area contributed by atoms with E-state index in [9.17, 15) is 0 Å². The third kappa shape index (κ3) is 2.31. The van der Waals surface area contributed by atoms with Crippen molar-refractivity contribution in [1.29, 1.82) is 0 Å². The lowest BCUT2D eigenvalue weighted by Gasteiger charge is -2.08. The van der Waals surface area contributed by atoms with E-state index in [4.69, 9.17) is 10.5 Å². The van der Waals surface area contributed by atoms with Gasteiger partial charge in [-0.05, 0) is 43.7 Å². The number of anilines is 1. The van der Waals surface area contributed by atoms with E-state index in [1.807, 2.05) is 44.2 Å². The van der Waals surface area contributed by atoms with Crippen LogP contribution >= 0.6 is 0 Å². The quantitative estimate of drug-likeness (QED) is 0.835. The number of nitrogen functional groups attached to an aromatic ring is 1. The first-order valence-corrected chi connectivity index (χ1v) is 5.13. The van der Waals surface area contributed by atoms with Crippen molar-refractivity contribution in [3.63, 3.8) is 0 Å². The lowest BCUT2D eigenvalue weighted by atomic mass is 10.2. The standard InChI is InChI=1S/C13H14N2O/c1-9-4-3-5-11(8-9)16-13-12(14)7-6-10(2)15-13/h3-8H,14H2,1-2H3. The van der Waals surface area contributed by atoms with Gasteiger partial charge in [-0.25, -0.2) is 4.98 Å². The lowest BCUT2D eigenvalue weighted by Crippen LogP contribution is -1.96. The van der Waals surface area contributed by atoms with Crippen molar-refractivity contribution in [2.75, 3.05) is 5.73 Å². The Morgan fingerprint density at radius 2 is 1.94 bits per heavy atom. The van der Waals surface area contributed by atoms with Crippen LogP contribution in [0.1, 0.15) is 11.3 Å². The van der Waals surface area contributed by atoms with E-state index in [2.05, 4.69) is 4.98 Å². The van der Waals surface area contributed by atoms with Gasteiger partial charge in [0.25, 0.3) is 0 Å². The molecule has 0 aliphatic heterocycles. The van der Waals surface area contributed by atoms with Crippen LogP contribution in [0, 0.1) is 13.8 Å².